The lowest BCUT2D eigenvalue weighted by Crippen LogP contribution is -2.39. The zero-order valence-corrected chi connectivity index (χ0v) is 13.7. The minimum absolute atomic E-state index is 0.315. The SMILES string of the molecule is CC(N(C)Cc1ccccc1CNC1CC1)C(C)(C)C. The first-order valence-electron chi connectivity index (χ1n) is 7.88. The third kappa shape index (κ3) is 4.32. The molecule has 0 saturated heterocycles. The lowest BCUT2D eigenvalue weighted by Gasteiger charge is -2.35. The Kier molecular flexibility index (Phi) is 4.87. The van der Waals surface area contributed by atoms with Gasteiger partial charge in [0, 0.05) is 25.2 Å². The van der Waals surface area contributed by atoms with Gasteiger partial charge >= 0.3 is 0 Å². The molecule has 0 spiro atoms. The molecule has 1 aromatic carbocycles. The van der Waals surface area contributed by atoms with Gasteiger partial charge in [0.25, 0.3) is 0 Å². The molecule has 20 heavy (non-hydrogen) atoms. The Morgan fingerprint density at radius 3 is 2.35 bits per heavy atom. The summed E-state index contributed by atoms with van der Waals surface area (Å²) in [7, 11) is 2.24. The Balaban J connectivity index is 2.00. The van der Waals surface area contributed by atoms with Gasteiger partial charge in [-0.25, -0.2) is 0 Å². The summed E-state index contributed by atoms with van der Waals surface area (Å²) in [6, 6.07) is 10.2. The first kappa shape index (κ1) is 15.5. The molecule has 1 N–H and O–H groups in total. The average Bonchev–Trinajstić information content (AvgIpc) is 3.19. The van der Waals surface area contributed by atoms with Gasteiger partial charge in [0.2, 0.25) is 0 Å². The molecule has 1 unspecified atom stereocenters. The van der Waals surface area contributed by atoms with Crippen LogP contribution in [0.25, 0.3) is 0 Å². The summed E-state index contributed by atoms with van der Waals surface area (Å²) in [5.74, 6) is 0. The van der Waals surface area contributed by atoms with Crippen LogP contribution in [-0.4, -0.2) is 24.0 Å². The first-order chi connectivity index (χ1) is 9.38. The largest absolute Gasteiger partial charge is 0.310 e. The van der Waals surface area contributed by atoms with Crippen LogP contribution in [0.15, 0.2) is 24.3 Å². The van der Waals surface area contributed by atoms with Gasteiger partial charge in [0.15, 0.2) is 0 Å². The number of hydrogen-bond acceptors (Lipinski definition) is 2. The Bertz CT molecular complexity index is 429. The van der Waals surface area contributed by atoms with E-state index in [1.54, 1.807) is 0 Å². The fourth-order valence-corrected chi connectivity index (χ4v) is 2.49. The van der Waals surface area contributed by atoms with Crippen molar-refractivity contribution in [3.8, 4) is 0 Å². The van der Waals surface area contributed by atoms with E-state index >= 15 is 0 Å². The van der Waals surface area contributed by atoms with Gasteiger partial charge in [0.05, 0.1) is 0 Å². The van der Waals surface area contributed by atoms with Crippen molar-refractivity contribution in [2.45, 2.75) is 65.7 Å². The van der Waals surface area contributed by atoms with Gasteiger partial charge < -0.3 is 5.32 Å². The third-order valence-corrected chi connectivity index (χ3v) is 4.61. The topological polar surface area (TPSA) is 15.3 Å². The first-order valence-corrected chi connectivity index (χ1v) is 7.88. The molecule has 0 radical (unpaired) electrons. The molecule has 0 aromatic heterocycles. The number of nitrogens with zero attached hydrogens (tertiary/aromatic N) is 1. The van der Waals surface area contributed by atoms with Crippen molar-refractivity contribution in [3.63, 3.8) is 0 Å². The molecule has 2 nitrogen and oxygen atoms in total. The summed E-state index contributed by atoms with van der Waals surface area (Å²) in [6.07, 6.45) is 2.70. The molecule has 112 valence electrons. The minimum Gasteiger partial charge on any atom is -0.310 e. The maximum atomic E-state index is 3.63. The Labute approximate surface area is 124 Å². The highest BCUT2D eigenvalue weighted by molar-refractivity contribution is 5.27. The molecule has 1 fully saturated rings. The van der Waals surface area contributed by atoms with E-state index in [-0.39, 0.29) is 0 Å². The molecule has 2 rings (SSSR count). The monoisotopic (exact) mass is 274 g/mol. The predicted molar refractivity (Wildman–Crippen MR) is 86.7 cm³/mol. The number of rotatable bonds is 6. The molecular formula is C18H30N2. The standard InChI is InChI=1S/C18H30N2/c1-14(18(2,3)4)20(5)13-16-9-7-6-8-15(16)12-19-17-10-11-17/h6-9,14,17,19H,10-13H2,1-5H3. The third-order valence-electron chi connectivity index (χ3n) is 4.61. The van der Waals surface area contributed by atoms with Gasteiger partial charge in [0.1, 0.15) is 0 Å². The van der Waals surface area contributed by atoms with Gasteiger partial charge in [-0.1, -0.05) is 45.0 Å². The van der Waals surface area contributed by atoms with Crippen LogP contribution in [0.3, 0.4) is 0 Å². The van der Waals surface area contributed by atoms with E-state index in [4.69, 9.17) is 0 Å². The molecule has 1 aliphatic carbocycles. The summed E-state index contributed by atoms with van der Waals surface area (Å²) in [5.41, 5.74) is 3.22. The summed E-state index contributed by atoms with van der Waals surface area (Å²) < 4.78 is 0. The maximum Gasteiger partial charge on any atom is 0.0236 e. The maximum absolute atomic E-state index is 3.63. The summed E-state index contributed by atoms with van der Waals surface area (Å²) >= 11 is 0. The second-order valence-electron chi connectivity index (χ2n) is 7.38. The van der Waals surface area contributed by atoms with E-state index < -0.39 is 0 Å². The van der Waals surface area contributed by atoms with E-state index in [1.165, 1.54) is 24.0 Å². The molecule has 2 heteroatoms. The summed E-state index contributed by atoms with van der Waals surface area (Å²) in [5, 5.41) is 3.63. The molecule has 1 saturated carbocycles. The highest BCUT2D eigenvalue weighted by Crippen LogP contribution is 2.25. The summed E-state index contributed by atoms with van der Waals surface area (Å²) in [6.45, 7) is 11.3. The lowest BCUT2D eigenvalue weighted by molar-refractivity contribution is 0.134. The number of nitrogens with one attached hydrogen (secondary N) is 1. The average molecular weight is 274 g/mol. The molecular weight excluding hydrogens is 244 g/mol. The molecule has 1 atom stereocenters. The van der Waals surface area contributed by atoms with Crippen molar-refractivity contribution in [2.24, 2.45) is 5.41 Å². The van der Waals surface area contributed by atoms with Crippen molar-refractivity contribution in [1.82, 2.24) is 10.2 Å². The van der Waals surface area contributed by atoms with Crippen LogP contribution in [0.2, 0.25) is 0 Å². The van der Waals surface area contributed by atoms with Crippen LogP contribution in [-0.2, 0) is 13.1 Å². The molecule has 1 aliphatic rings. The van der Waals surface area contributed by atoms with Crippen LogP contribution in [0.1, 0.15) is 51.7 Å². The van der Waals surface area contributed by atoms with Crippen LogP contribution in [0.4, 0.5) is 0 Å². The van der Waals surface area contributed by atoms with Crippen LogP contribution >= 0.6 is 0 Å². The second kappa shape index (κ2) is 6.28. The highest BCUT2D eigenvalue weighted by atomic mass is 15.1. The predicted octanol–water partition coefficient (Wildman–Crippen LogP) is 3.81. The Morgan fingerprint density at radius 1 is 1.20 bits per heavy atom. The van der Waals surface area contributed by atoms with E-state index in [9.17, 15) is 0 Å². The van der Waals surface area contributed by atoms with Gasteiger partial charge in [-0.05, 0) is 43.4 Å². The quantitative estimate of drug-likeness (QED) is 0.848. The molecule has 0 heterocycles. The number of benzene rings is 1. The Morgan fingerprint density at radius 2 is 1.80 bits per heavy atom. The van der Waals surface area contributed by atoms with Crippen LogP contribution < -0.4 is 5.32 Å². The van der Waals surface area contributed by atoms with Gasteiger partial charge in [-0.3, -0.25) is 4.90 Å². The van der Waals surface area contributed by atoms with E-state index in [0.29, 0.717) is 11.5 Å². The molecule has 0 aliphatic heterocycles. The number of hydrogen-bond donors (Lipinski definition) is 1. The van der Waals surface area contributed by atoms with Crippen molar-refractivity contribution in [2.75, 3.05) is 7.05 Å². The molecule has 0 bridgehead atoms. The lowest BCUT2D eigenvalue weighted by atomic mass is 9.87. The van der Waals surface area contributed by atoms with E-state index in [2.05, 4.69) is 69.2 Å². The zero-order valence-electron chi connectivity index (χ0n) is 13.7. The smallest absolute Gasteiger partial charge is 0.0236 e. The van der Waals surface area contributed by atoms with Crippen molar-refractivity contribution in [1.29, 1.82) is 0 Å². The fraction of sp³-hybridized carbons (Fsp3) is 0.667. The Hall–Kier alpha value is -0.860. The highest BCUT2D eigenvalue weighted by Gasteiger charge is 2.24. The van der Waals surface area contributed by atoms with Gasteiger partial charge in [-0.15, -0.1) is 0 Å². The molecule has 0 amide bonds. The van der Waals surface area contributed by atoms with Crippen molar-refractivity contribution >= 4 is 0 Å². The second-order valence-corrected chi connectivity index (χ2v) is 7.38. The normalized spacial score (nSPS) is 17.5. The van der Waals surface area contributed by atoms with E-state index in [1.807, 2.05) is 0 Å². The molecule has 1 aromatic rings. The van der Waals surface area contributed by atoms with E-state index in [0.717, 1.165) is 19.1 Å². The van der Waals surface area contributed by atoms with Crippen molar-refractivity contribution < 1.29 is 0 Å². The summed E-state index contributed by atoms with van der Waals surface area (Å²) in [4.78, 5) is 2.47. The van der Waals surface area contributed by atoms with Crippen LogP contribution in [0, 0.1) is 5.41 Å². The van der Waals surface area contributed by atoms with Crippen molar-refractivity contribution in [3.05, 3.63) is 35.4 Å². The fourth-order valence-electron chi connectivity index (χ4n) is 2.49. The minimum atomic E-state index is 0.315. The van der Waals surface area contributed by atoms with Crippen LogP contribution in [0.5, 0.6) is 0 Å². The van der Waals surface area contributed by atoms with Gasteiger partial charge in [-0.2, -0.15) is 0 Å². The zero-order chi connectivity index (χ0) is 14.8.